The van der Waals surface area contributed by atoms with Gasteiger partial charge in [0.05, 0.1) is 0 Å². The molecule has 2 aromatic carbocycles. The Morgan fingerprint density at radius 3 is 2.41 bits per heavy atom. The number of hydrogen-bond donors (Lipinski definition) is 0. The van der Waals surface area contributed by atoms with Crippen molar-refractivity contribution < 1.29 is 28.6 Å². The molecule has 0 aliphatic carbocycles. The predicted molar refractivity (Wildman–Crippen MR) is 119 cm³/mol. The summed E-state index contributed by atoms with van der Waals surface area (Å²) >= 11 is 0. The van der Waals surface area contributed by atoms with Crippen LogP contribution in [0.2, 0.25) is 0 Å². The molecule has 0 amide bonds. The number of anilines is 1. The Labute approximate surface area is 186 Å². The van der Waals surface area contributed by atoms with Gasteiger partial charge in [-0.3, -0.25) is 14.4 Å². The highest BCUT2D eigenvalue weighted by atomic mass is 16.6. The van der Waals surface area contributed by atoms with E-state index in [1.807, 2.05) is 48.2 Å². The second kappa shape index (κ2) is 8.74. The van der Waals surface area contributed by atoms with E-state index in [0.29, 0.717) is 12.0 Å². The van der Waals surface area contributed by atoms with Crippen molar-refractivity contribution in [3.63, 3.8) is 0 Å². The number of nitrogens with zero attached hydrogens (tertiary/aromatic N) is 1. The number of rotatable bonds is 5. The molecule has 4 atom stereocenters. The molecular weight excluding hydrogens is 410 g/mol. The number of allylic oxidation sites excluding steroid dienone is 1. The second-order valence-corrected chi connectivity index (χ2v) is 8.30. The molecule has 1 fully saturated rings. The fraction of sp³-hybridized carbons (Fsp3) is 0.400. The molecular formula is C25H27NO6. The summed E-state index contributed by atoms with van der Waals surface area (Å²) in [5, 5.41) is 2.20. The summed E-state index contributed by atoms with van der Waals surface area (Å²) in [6.45, 7) is 6.00. The minimum Gasteiger partial charge on any atom is -0.463 e. The van der Waals surface area contributed by atoms with Crippen LogP contribution in [0.3, 0.4) is 0 Å². The van der Waals surface area contributed by atoms with E-state index in [1.54, 1.807) is 0 Å². The maximum absolute atomic E-state index is 12.8. The molecule has 2 aliphatic rings. The number of hydrogen-bond acceptors (Lipinski definition) is 7. The van der Waals surface area contributed by atoms with Crippen LogP contribution in [0, 0.1) is 5.92 Å². The van der Waals surface area contributed by atoms with Crippen LogP contribution >= 0.6 is 0 Å². The van der Waals surface area contributed by atoms with Gasteiger partial charge in [0.15, 0.2) is 5.78 Å². The summed E-state index contributed by atoms with van der Waals surface area (Å²) in [5.74, 6) is -1.34. The first-order valence-corrected chi connectivity index (χ1v) is 10.7. The lowest BCUT2D eigenvalue weighted by Gasteiger charge is -2.50. The van der Waals surface area contributed by atoms with Crippen molar-refractivity contribution in [2.45, 2.75) is 52.6 Å². The molecule has 7 nitrogen and oxygen atoms in total. The maximum atomic E-state index is 12.8. The topological polar surface area (TPSA) is 82.1 Å². The summed E-state index contributed by atoms with van der Waals surface area (Å²) in [6.07, 6.45) is -1.31. The van der Waals surface area contributed by atoms with Crippen molar-refractivity contribution in [1.82, 2.24) is 0 Å². The minimum atomic E-state index is -0.712. The van der Waals surface area contributed by atoms with E-state index in [-0.39, 0.29) is 18.3 Å². The zero-order chi connectivity index (χ0) is 23.0. The van der Waals surface area contributed by atoms with E-state index in [1.165, 1.54) is 20.8 Å². The quantitative estimate of drug-likeness (QED) is 0.659. The van der Waals surface area contributed by atoms with Gasteiger partial charge in [-0.2, -0.15) is 0 Å². The number of esters is 2. The third kappa shape index (κ3) is 4.12. The average molecular weight is 437 g/mol. The second-order valence-electron chi connectivity index (χ2n) is 8.30. The smallest absolute Gasteiger partial charge is 0.303 e. The molecule has 2 aliphatic heterocycles. The standard InChI is InChI=1S/C25H27NO6/c1-14-24(15(2)27)21-12-23(32-22(13-30-16(3)28)25(21)31-17(4)29)26(14)20-10-9-18-7-5-6-8-19(18)11-20/h5-11,21-23,25H,12-13H2,1-4H3/t21?,22-,23?,25+/m1/s1. The molecule has 4 rings (SSSR count). The maximum Gasteiger partial charge on any atom is 0.303 e. The van der Waals surface area contributed by atoms with E-state index in [0.717, 1.165) is 22.2 Å². The van der Waals surface area contributed by atoms with Gasteiger partial charge >= 0.3 is 11.9 Å². The molecule has 2 unspecified atom stereocenters. The van der Waals surface area contributed by atoms with E-state index in [4.69, 9.17) is 14.2 Å². The van der Waals surface area contributed by atoms with Crippen molar-refractivity contribution >= 4 is 34.2 Å². The number of Topliss-reactive ketones (excluding diaryl/α,β-unsaturated/α-hetero) is 1. The van der Waals surface area contributed by atoms with Gasteiger partial charge in [0.25, 0.3) is 0 Å². The third-order valence-electron chi connectivity index (χ3n) is 6.10. The van der Waals surface area contributed by atoms with Gasteiger partial charge in [0, 0.05) is 43.1 Å². The lowest BCUT2D eigenvalue weighted by Crippen LogP contribution is -2.58. The lowest BCUT2D eigenvalue weighted by molar-refractivity contribution is -0.192. The number of fused-ring (bicyclic) bond motifs is 3. The summed E-state index contributed by atoms with van der Waals surface area (Å²) in [7, 11) is 0. The van der Waals surface area contributed by atoms with E-state index in [2.05, 4.69) is 6.07 Å². The van der Waals surface area contributed by atoms with Gasteiger partial charge in [-0.25, -0.2) is 0 Å². The number of ketones is 1. The Morgan fingerprint density at radius 1 is 1.03 bits per heavy atom. The molecule has 0 spiro atoms. The van der Waals surface area contributed by atoms with Crippen molar-refractivity contribution in [3.05, 3.63) is 53.7 Å². The Balaban J connectivity index is 1.79. The zero-order valence-electron chi connectivity index (χ0n) is 18.7. The van der Waals surface area contributed by atoms with Crippen LogP contribution in [0.15, 0.2) is 53.7 Å². The van der Waals surface area contributed by atoms with Gasteiger partial charge < -0.3 is 19.1 Å². The summed E-state index contributed by atoms with van der Waals surface area (Å²) in [5.41, 5.74) is 2.29. The Kier molecular flexibility index (Phi) is 6.02. The van der Waals surface area contributed by atoms with Crippen LogP contribution in [-0.2, 0) is 28.6 Å². The summed E-state index contributed by atoms with van der Waals surface area (Å²) < 4.78 is 17.1. The molecule has 32 heavy (non-hydrogen) atoms. The molecule has 2 bridgehead atoms. The largest absolute Gasteiger partial charge is 0.463 e. The van der Waals surface area contributed by atoms with Crippen LogP contribution in [0.4, 0.5) is 5.69 Å². The number of carbonyl (C=O) groups excluding carboxylic acids is 3. The van der Waals surface area contributed by atoms with Gasteiger partial charge in [-0.1, -0.05) is 30.3 Å². The zero-order valence-corrected chi connectivity index (χ0v) is 18.7. The molecule has 0 saturated carbocycles. The average Bonchev–Trinajstić information content (AvgIpc) is 2.73. The first-order chi connectivity index (χ1) is 15.3. The third-order valence-corrected chi connectivity index (χ3v) is 6.10. The van der Waals surface area contributed by atoms with Crippen LogP contribution in [0.25, 0.3) is 10.8 Å². The Hall–Kier alpha value is -3.19. The Bertz CT molecular complexity index is 1110. The lowest BCUT2D eigenvalue weighted by atomic mass is 9.78. The van der Waals surface area contributed by atoms with E-state index < -0.39 is 30.4 Å². The van der Waals surface area contributed by atoms with Crippen molar-refractivity contribution in [3.8, 4) is 0 Å². The molecule has 7 heteroatoms. The molecule has 2 heterocycles. The minimum absolute atomic E-state index is 0.0595. The number of carbonyl (C=O) groups is 3. The fourth-order valence-corrected chi connectivity index (χ4v) is 4.89. The normalized spacial score (nSPS) is 24.9. The molecule has 0 radical (unpaired) electrons. The molecule has 0 N–H and O–H groups in total. The molecule has 1 saturated heterocycles. The highest BCUT2D eigenvalue weighted by Gasteiger charge is 2.50. The fourth-order valence-electron chi connectivity index (χ4n) is 4.89. The van der Waals surface area contributed by atoms with E-state index in [9.17, 15) is 14.4 Å². The Morgan fingerprint density at radius 2 is 1.75 bits per heavy atom. The number of benzene rings is 2. The van der Waals surface area contributed by atoms with Crippen LogP contribution in [0.1, 0.15) is 34.1 Å². The van der Waals surface area contributed by atoms with Crippen LogP contribution in [-0.4, -0.2) is 42.8 Å². The monoisotopic (exact) mass is 437 g/mol. The molecule has 2 aromatic rings. The first-order valence-electron chi connectivity index (χ1n) is 10.7. The van der Waals surface area contributed by atoms with Crippen molar-refractivity contribution in [2.24, 2.45) is 5.92 Å². The predicted octanol–water partition coefficient (Wildman–Crippen LogP) is 3.75. The summed E-state index contributed by atoms with van der Waals surface area (Å²) in [6, 6.07) is 14.2. The highest BCUT2D eigenvalue weighted by molar-refractivity contribution is 5.96. The van der Waals surface area contributed by atoms with Gasteiger partial charge in [0.1, 0.15) is 25.0 Å². The van der Waals surface area contributed by atoms with Gasteiger partial charge in [-0.15, -0.1) is 0 Å². The highest BCUT2D eigenvalue weighted by Crippen LogP contribution is 2.44. The molecule has 0 aromatic heterocycles. The van der Waals surface area contributed by atoms with Gasteiger partial charge in [-0.05, 0) is 36.8 Å². The summed E-state index contributed by atoms with van der Waals surface area (Å²) in [4.78, 5) is 38.0. The van der Waals surface area contributed by atoms with Crippen LogP contribution in [0.5, 0.6) is 0 Å². The molecule has 168 valence electrons. The van der Waals surface area contributed by atoms with Gasteiger partial charge in [0.2, 0.25) is 0 Å². The van der Waals surface area contributed by atoms with Crippen LogP contribution < -0.4 is 4.90 Å². The van der Waals surface area contributed by atoms with Crippen molar-refractivity contribution in [1.29, 1.82) is 0 Å². The number of ether oxygens (including phenoxy) is 3. The SMILES string of the molecule is CC(=O)OC[C@H]1OC2CC(C(C(C)=O)=C(C)N2c2ccc3ccccc3c2)[C@@H]1OC(C)=O. The van der Waals surface area contributed by atoms with E-state index >= 15 is 0 Å². The first kappa shape index (κ1) is 22.0. The van der Waals surface area contributed by atoms with Crippen molar-refractivity contribution in [2.75, 3.05) is 11.5 Å².